The van der Waals surface area contributed by atoms with E-state index < -0.39 is 0 Å². The second-order valence-corrected chi connectivity index (χ2v) is 3.74. The molecule has 0 atom stereocenters. The summed E-state index contributed by atoms with van der Waals surface area (Å²) in [6.07, 6.45) is 0.786. The summed E-state index contributed by atoms with van der Waals surface area (Å²) in [5.41, 5.74) is 3.38. The zero-order chi connectivity index (χ0) is 10.0. The second-order valence-electron chi connectivity index (χ2n) is 3.74. The molecule has 13 heavy (non-hydrogen) atoms. The van der Waals surface area contributed by atoms with Gasteiger partial charge in [-0.1, -0.05) is 19.9 Å². The topological polar surface area (TPSA) is 20.2 Å². The molecule has 1 radical (unpaired) electrons. The molecule has 0 saturated heterocycles. The van der Waals surface area contributed by atoms with Gasteiger partial charge in [-0.3, -0.25) is 0 Å². The van der Waals surface area contributed by atoms with E-state index in [0.717, 1.165) is 12.0 Å². The van der Waals surface area contributed by atoms with Crippen LogP contribution in [0.15, 0.2) is 12.1 Å². The standard InChI is InChI=1S/C12H17O/c1-5-10-6-9(4)12(13)7-11(10)8(2)3/h6-8,13H,1,5H2,2-4H3. The number of rotatable bonds is 2. The monoisotopic (exact) mass is 177 g/mol. The Bertz CT molecular complexity index is 300. The summed E-state index contributed by atoms with van der Waals surface area (Å²) >= 11 is 0. The highest BCUT2D eigenvalue weighted by atomic mass is 16.3. The second kappa shape index (κ2) is 3.82. The first-order valence-electron chi connectivity index (χ1n) is 4.68. The number of phenols is 1. The van der Waals surface area contributed by atoms with Gasteiger partial charge in [0, 0.05) is 0 Å². The molecule has 0 heterocycles. The van der Waals surface area contributed by atoms with Gasteiger partial charge < -0.3 is 5.11 Å². The molecule has 0 amide bonds. The zero-order valence-corrected chi connectivity index (χ0v) is 8.59. The molecule has 1 aromatic rings. The highest BCUT2D eigenvalue weighted by Crippen LogP contribution is 2.27. The van der Waals surface area contributed by atoms with Gasteiger partial charge in [0.1, 0.15) is 5.75 Å². The number of aromatic hydroxyl groups is 1. The molecule has 0 fully saturated rings. The molecule has 0 spiro atoms. The van der Waals surface area contributed by atoms with Crippen LogP contribution in [0.2, 0.25) is 0 Å². The van der Waals surface area contributed by atoms with Crippen LogP contribution < -0.4 is 0 Å². The third-order valence-electron chi connectivity index (χ3n) is 2.35. The fourth-order valence-electron chi connectivity index (χ4n) is 1.53. The first kappa shape index (κ1) is 10.1. The third-order valence-corrected chi connectivity index (χ3v) is 2.35. The Hall–Kier alpha value is -0.980. The van der Waals surface area contributed by atoms with Crippen molar-refractivity contribution < 1.29 is 5.11 Å². The van der Waals surface area contributed by atoms with Gasteiger partial charge in [0.25, 0.3) is 0 Å². The molecule has 0 aliphatic rings. The molecule has 1 aromatic carbocycles. The summed E-state index contributed by atoms with van der Waals surface area (Å²) in [5, 5.41) is 9.55. The Kier molecular flexibility index (Phi) is 2.97. The minimum Gasteiger partial charge on any atom is -0.508 e. The SMILES string of the molecule is [CH2]Cc1cc(C)c(O)cc1C(C)C. The summed E-state index contributed by atoms with van der Waals surface area (Å²) in [6.45, 7) is 10.1. The normalized spacial score (nSPS) is 10.8. The van der Waals surface area contributed by atoms with Crippen LogP contribution in [0, 0.1) is 13.8 Å². The number of hydrogen-bond donors (Lipinski definition) is 1. The predicted octanol–water partition coefficient (Wildman–Crippen LogP) is 3.20. The van der Waals surface area contributed by atoms with Gasteiger partial charge >= 0.3 is 0 Å². The van der Waals surface area contributed by atoms with Gasteiger partial charge in [-0.2, -0.15) is 0 Å². The van der Waals surface area contributed by atoms with Crippen molar-refractivity contribution in [3.63, 3.8) is 0 Å². The van der Waals surface area contributed by atoms with E-state index in [4.69, 9.17) is 0 Å². The molecule has 0 unspecified atom stereocenters. The number of benzene rings is 1. The van der Waals surface area contributed by atoms with Gasteiger partial charge in [0.05, 0.1) is 0 Å². The molecule has 0 saturated carbocycles. The Labute approximate surface area is 80.4 Å². The lowest BCUT2D eigenvalue weighted by Gasteiger charge is -2.13. The molecule has 0 aliphatic carbocycles. The van der Waals surface area contributed by atoms with E-state index >= 15 is 0 Å². The van der Waals surface area contributed by atoms with Crippen molar-refractivity contribution in [1.82, 2.24) is 0 Å². The van der Waals surface area contributed by atoms with E-state index in [0.29, 0.717) is 11.7 Å². The molecule has 0 aromatic heterocycles. The van der Waals surface area contributed by atoms with E-state index in [2.05, 4.69) is 20.8 Å². The van der Waals surface area contributed by atoms with Crippen molar-refractivity contribution >= 4 is 0 Å². The summed E-state index contributed by atoms with van der Waals surface area (Å²) in [7, 11) is 0. The van der Waals surface area contributed by atoms with Crippen molar-refractivity contribution in [2.45, 2.75) is 33.1 Å². The Morgan fingerprint density at radius 3 is 2.46 bits per heavy atom. The maximum Gasteiger partial charge on any atom is 0.118 e. The van der Waals surface area contributed by atoms with E-state index in [1.807, 2.05) is 19.1 Å². The van der Waals surface area contributed by atoms with Gasteiger partial charge in [0.15, 0.2) is 0 Å². The molecule has 71 valence electrons. The van der Waals surface area contributed by atoms with Crippen molar-refractivity contribution in [3.05, 3.63) is 35.7 Å². The van der Waals surface area contributed by atoms with Crippen molar-refractivity contribution in [2.24, 2.45) is 0 Å². The summed E-state index contributed by atoms with van der Waals surface area (Å²) in [5.74, 6) is 0.837. The van der Waals surface area contributed by atoms with Gasteiger partial charge in [-0.25, -0.2) is 0 Å². The van der Waals surface area contributed by atoms with Gasteiger partial charge in [-0.15, -0.1) is 0 Å². The van der Waals surface area contributed by atoms with Crippen molar-refractivity contribution in [1.29, 1.82) is 0 Å². The molecule has 1 rings (SSSR count). The van der Waals surface area contributed by atoms with Crippen molar-refractivity contribution in [3.8, 4) is 5.75 Å². The summed E-state index contributed by atoms with van der Waals surface area (Å²) < 4.78 is 0. The van der Waals surface area contributed by atoms with Crippen LogP contribution in [-0.2, 0) is 6.42 Å². The maximum atomic E-state index is 9.55. The van der Waals surface area contributed by atoms with E-state index in [1.54, 1.807) is 0 Å². The fourth-order valence-corrected chi connectivity index (χ4v) is 1.53. The van der Waals surface area contributed by atoms with Crippen LogP contribution in [-0.4, -0.2) is 5.11 Å². The molecular weight excluding hydrogens is 160 g/mol. The highest BCUT2D eigenvalue weighted by Gasteiger charge is 2.08. The highest BCUT2D eigenvalue weighted by molar-refractivity contribution is 5.42. The lowest BCUT2D eigenvalue weighted by Crippen LogP contribution is -1.96. The predicted molar refractivity (Wildman–Crippen MR) is 56.0 cm³/mol. The Morgan fingerprint density at radius 1 is 1.38 bits per heavy atom. The van der Waals surface area contributed by atoms with Crippen LogP contribution in [0.3, 0.4) is 0 Å². The number of aryl methyl sites for hydroxylation is 1. The zero-order valence-electron chi connectivity index (χ0n) is 8.59. The van der Waals surface area contributed by atoms with Crippen LogP contribution in [0.25, 0.3) is 0 Å². The van der Waals surface area contributed by atoms with Crippen LogP contribution in [0.4, 0.5) is 0 Å². The maximum absolute atomic E-state index is 9.55. The average molecular weight is 177 g/mol. The number of hydrogen-bond acceptors (Lipinski definition) is 1. The lowest BCUT2D eigenvalue weighted by molar-refractivity contribution is 0.469. The fraction of sp³-hybridized carbons (Fsp3) is 0.417. The first-order valence-corrected chi connectivity index (χ1v) is 4.68. The van der Waals surface area contributed by atoms with E-state index in [1.165, 1.54) is 11.1 Å². The summed E-state index contributed by atoms with van der Waals surface area (Å²) in [6, 6.07) is 3.89. The molecular formula is C12H17O. The smallest absolute Gasteiger partial charge is 0.118 e. The van der Waals surface area contributed by atoms with Gasteiger partial charge in [-0.05, 0) is 48.9 Å². The number of phenolic OH excluding ortho intramolecular Hbond substituents is 1. The van der Waals surface area contributed by atoms with Crippen LogP contribution in [0.1, 0.15) is 36.5 Å². The molecule has 1 N–H and O–H groups in total. The van der Waals surface area contributed by atoms with E-state index in [-0.39, 0.29) is 0 Å². The Balaban J connectivity index is 3.25. The molecule has 1 heteroatoms. The molecule has 0 aliphatic heterocycles. The van der Waals surface area contributed by atoms with E-state index in [9.17, 15) is 5.11 Å². The first-order chi connectivity index (χ1) is 6.06. The minimum atomic E-state index is 0.390. The Morgan fingerprint density at radius 2 is 2.00 bits per heavy atom. The average Bonchev–Trinajstić information content (AvgIpc) is 2.08. The third kappa shape index (κ3) is 2.03. The van der Waals surface area contributed by atoms with Crippen LogP contribution in [0.5, 0.6) is 5.75 Å². The van der Waals surface area contributed by atoms with Gasteiger partial charge in [0.2, 0.25) is 0 Å². The minimum absolute atomic E-state index is 0.390. The lowest BCUT2D eigenvalue weighted by atomic mass is 9.93. The molecule has 1 nitrogen and oxygen atoms in total. The van der Waals surface area contributed by atoms with Crippen LogP contribution >= 0.6 is 0 Å². The quantitative estimate of drug-likeness (QED) is 0.735. The van der Waals surface area contributed by atoms with Crippen molar-refractivity contribution in [2.75, 3.05) is 0 Å². The summed E-state index contributed by atoms with van der Waals surface area (Å²) in [4.78, 5) is 0. The molecule has 0 bridgehead atoms. The largest absolute Gasteiger partial charge is 0.508 e.